The number of aliphatic hydroxyl groups excluding tert-OH is 1. The number of halogens is 1. The maximum atomic E-state index is 9.10. The molecule has 0 bridgehead atoms. The predicted octanol–water partition coefficient (Wildman–Crippen LogP) is 1.84. The lowest BCUT2D eigenvalue weighted by Gasteiger charge is -2.32. The zero-order valence-corrected chi connectivity index (χ0v) is 10.8. The molecule has 17 heavy (non-hydrogen) atoms. The molecule has 0 saturated carbocycles. The lowest BCUT2D eigenvalue weighted by Crippen LogP contribution is -2.43. The summed E-state index contributed by atoms with van der Waals surface area (Å²) in [6, 6.07) is 5.98. The van der Waals surface area contributed by atoms with Gasteiger partial charge in [0.2, 0.25) is 0 Å². The van der Waals surface area contributed by atoms with Gasteiger partial charge in [0.1, 0.15) is 0 Å². The molecule has 1 aromatic rings. The van der Waals surface area contributed by atoms with Crippen molar-refractivity contribution < 1.29 is 9.84 Å². The van der Waals surface area contributed by atoms with Gasteiger partial charge < -0.3 is 9.84 Å². The molecule has 2 rings (SSSR count). The Labute approximate surface area is 107 Å². The number of nitrogens with zero attached hydrogens (tertiary/aromatic N) is 1. The van der Waals surface area contributed by atoms with Gasteiger partial charge in [0.25, 0.3) is 0 Å². The average molecular weight is 256 g/mol. The molecule has 0 amide bonds. The van der Waals surface area contributed by atoms with E-state index in [1.807, 2.05) is 12.1 Å². The molecule has 0 aromatic heterocycles. The maximum Gasteiger partial charge on any atom is 0.0933 e. The Kier molecular flexibility index (Phi) is 4.40. The van der Waals surface area contributed by atoms with Crippen LogP contribution < -0.4 is 0 Å². The smallest absolute Gasteiger partial charge is 0.0933 e. The van der Waals surface area contributed by atoms with E-state index < -0.39 is 0 Å². The van der Waals surface area contributed by atoms with Crippen LogP contribution in [0, 0.1) is 6.92 Å². The molecule has 0 unspecified atom stereocenters. The number of hydrogen-bond acceptors (Lipinski definition) is 3. The minimum absolute atomic E-state index is 0.0450. The zero-order chi connectivity index (χ0) is 12.3. The van der Waals surface area contributed by atoms with Crippen molar-refractivity contribution in [2.75, 3.05) is 26.3 Å². The third-order valence-corrected chi connectivity index (χ3v) is 3.36. The summed E-state index contributed by atoms with van der Waals surface area (Å²) < 4.78 is 5.43. The van der Waals surface area contributed by atoms with E-state index in [0.29, 0.717) is 6.61 Å². The number of hydrogen-bond donors (Lipinski definition) is 1. The van der Waals surface area contributed by atoms with Crippen molar-refractivity contribution in [1.82, 2.24) is 4.90 Å². The van der Waals surface area contributed by atoms with Crippen LogP contribution in [-0.4, -0.2) is 42.4 Å². The van der Waals surface area contributed by atoms with Crippen LogP contribution in [-0.2, 0) is 11.3 Å². The SMILES string of the molecule is Cc1cc(Cl)ccc1CN1CCO[C@H](CO)C1. The van der Waals surface area contributed by atoms with Crippen LogP contribution in [0.25, 0.3) is 0 Å². The van der Waals surface area contributed by atoms with Gasteiger partial charge in [-0.05, 0) is 30.2 Å². The van der Waals surface area contributed by atoms with Crippen molar-refractivity contribution >= 4 is 11.6 Å². The van der Waals surface area contributed by atoms with Crippen LogP contribution in [0.2, 0.25) is 5.02 Å². The highest BCUT2D eigenvalue weighted by atomic mass is 35.5. The van der Waals surface area contributed by atoms with E-state index >= 15 is 0 Å². The van der Waals surface area contributed by atoms with E-state index in [1.165, 1.54) is 11.1 Å². The normalized spacial score (nSPS) is 21.7. The van der Waals surface area contributed by atoms with Gasteiger partial charge in [-0.25, -0.2) is 0 Å². The van der Waals surface area contributed by atoms with Crippen molar-refractivity contribution in [3.63, 3.8) is 0 Å². The highest BCUT2D eigenvalue weighted by Gasteiger charge is 2.19. The molecule has 1 heterocycles. The van der Waals surface area contributed by atoms with E-state index in [1.54, 1.807) is 0 Å². The molecule has 1 aromatic carbocycles. The Morgan fingerprint density at radius 3 is 3.06 bits per heavy atom. The molecule has 1 aliphatic rings. The van der Waals surface area contributed by atoms with Gasteiger partial charge in [-0.15, -0.1) is 0 Å². The first kappa shape index (κ1) is 12.8. The molecule has 0 spiro atoms. The predicted molar refractivity (Wildman–Crippen MR) is 68.3 cm³/mol. The third-order valence-electron chi connectivity index (χ3n) is 3.13. The summed E-state index contributed by atoms with van der Waals surface area (Å²) in [6.45, 7) is 5.46. The summed E-state index contributed by atoms with van der Waals surface area (Å²) >= 11 is 5.94. The molecule has 0 aliphatic carbocycles. The first-order chi connectivity index (χ1) is 8.19. The summed E-state index contributed by atoms with van der Waals surface area (Å²) in [4.78, 5) is 2.31. The van der Waals surface area contributed by atoms with Crippen molar-refractivity contribution in [3.05, 3.63) is 34.3 Å². The van der Waals surface area contributed by atoms with Crippen LogP contribution >= 0.6 is 11.6 Å². The summed E-state index contributed by atoms with van der Waals surface area (Å²) in [5.74, 6) is 0. The quantitative estimate of drug-likeness (QED) is 0.895. The Morgan fingerprint density at radius 1 is 1.53 bits per heavy atom. The fraction of sp³-hybridized carbons (Fsp3) is 0.538. The zero-order valence-electron chi connectivity index (χ0n) is 10.0. The fourth-order valence-corrected chi connectivity index (χ4v) is 2.34. The summed E-state index contributed by atoms with van der Waals surface area (Å²) in [5, 5.41) is 9.88. The number of benzene rings is 1. The van der Waals surface area contributed by atoms with Gasteiger partial charge in [-0.2, -0.15) is 0 Å². The topological polar surface area (TPSA) is 32.7 Å². The van der Waals surface area contributed by atoms with Crippen LogP contribution in [0.4, 0.5) is 0 Å². The van der Waals surface area contributed by atoms with Crippen molar-refractivity contribution in [3.8, 4) is 0 Å². The molecule has 4 heteroatoms. The molecule has 3 nitrogen and oxygen atoms in total. The lowest BCUT2D eigenvalue weighted by atomic mass is 10.1. The molecule has 1 saturated heterocycles. The molecule has 1 aliphatic heterocycles. The maximum absolute atomic E-state index is 9.10. The largest absolute Gasteiger partial charge is 0.394 e. The Bertz CT molecular complexity index is 384. The number of rotatable bonds is 3. The number of aliphatic hydroxyl groups is 1. The van der Waals surface area contributed by atoms with Crippen molar-refractivity contribution in [2.45, 2.75) is 19.6 Å². The minimum Gasteiger partial charge on any atom is -0.394 e. The van der Waals surface area contributed by atoms with Gasteiger partial charge >= 0.3 is 0 Å². The first-order valence-corrected chi connectivity index (χ1v) is 6.26. The Balaban J connectivity index is 2.00. The summed E-state index contributed by atoms with van der Waals surface area (Å²) in [5.41, 5.74) is 2.50. The van der Waals surface area contributed by atoms with E-state index in [4.69, 9.17) is 21.4 Å². The average Bonchev–Trinajstić information content (AvgIpc) is 2.33. The van der Waals surface area contributed by atoms with Crippen LogP contribution in [0.1, 0.15) is 11.1 Å². The van der Waals surface area contributed by atoms with Gasteiger partial charge in [-0.1, -0.05) is 17.7 Å². The third kappa shape index (κ3) is 3.42. The second-order valence-electron chi connectivity index (χ2n) is 4.48. The van der Waals surface area contributed by atoms with E-state index in [9.17, 15) is 0 Å². The Morgan fingerprint density at radius 2 is 2.35 bits per heavy atom. The van der Waals surface area contributed by atoms with Gasteiger partial charge in [0.15, 0.2) is 0 Å². The second kappa shape index (κ2) is 5.83. The highest BCUT2D eigenvalue weighted by molar-refractivity contribution is 6.30. The van der Waals surface area contributed by atoms with Gasteiger partial charge in [0, 0.05) is 24.7 Å². The standard InChI is InChI=1S/C13H18ClNO2/c1-10-6-12(14)3-2-11(10)7-15-4-5-17-13(8-15)9-16/h2-3,6,13,16H,4-5,7-9H2,1H3/t13-/m0/s1. The van der Waals surface area contributed by atoms with E-state index in [-0.39, 0.29) is 12.7 Å². The molecular weight excluding hydrogens is 238 g/mol. The van der Waals surface area contributed by atoms with E-state index in [0.717, 1.165) is 24.7 Å². The number of aryl methyl sites for hydroxylation is 1. The Hall–Kier alpha value is -0.610. The van der Waals surface area contributed by atoms with Crippen LogP contribution in [0.3, 0.4) is 0 Å². The first-order valence-electron chi connectivity index (χ1n) is 5.89. The molecule has 1 N–H and O–H groups in total. The molecule has 1 atom stereocenters. The highest BCUT2D eigenvalue weighted by Crippen LogP contribution is 2.18. The fourth-order valence-electron chi connectivity index (χ4n) is 2.11. The van der Waals surface area contributed by atoms with E-state index in [2.05, 4.69) is 17.9 Å². The number of morpholine rings is 1. The molecule has 94 valence electrons. The van der Waals surface area contributed by atoms with Crippen molar-refractivity contribution in [1.29, 1.82) is 0 Å². The van der Waals surface area contributed by atoms with Gasteiger partial charge in [0.05, 0.1) is 19.3 Å². The molecular formula is C13H18ClNO2. The van der Waals surface area contributed by atoms with Crippen LogP contribution in [0.15, 0.2) is 18.2 Å². The lowest BCUT2D eigenvalue weighted by molar-refractivity contribution is -0.0551. The molecule has 0 radical (unpaired) electrons. The minimum atomic E-state index is -0.0450. The summed E-state index contributed by atoms with van der Waals surface area (Å²) in [7, 11) is 0. The monoisotopic (exact) mass is 255 g/mol. The number of ether oxygens (including phenoxy) is 1. The molecule has 1 fully saturated rings. The van der Waals surface area contributed by atoms with Crippen molar-refractivity contribution in [2.24, 2.45) is 0 Å². The van der Waals surface area contributed by atoms with Crippen LogP contribution in [0.5, 0.6) is 0 Å². The van der Waals surface area contributed by atoms with Gasteiger partial charge in [-0.3, -0.25) is 4.90 Å². The summed E-state index contributed by atoms with van der Waals surface area (Å²) in [6.07, 6.45) is -0.0450. The second-order valence-corrected chi connectivity index (χ2v) is 4.92.